The van der Waals surface area contributed by atoms with E-state index in [1.807, 2.05) is 0 Å². The molecule has 1 fully saturated rings. The highest BCUT2D eigenvalue weighted by molar-refractivity contribution is 5.85. The lowest BCUT2D eigenvalue weighted by molar-refractivity contribution is -0.111. The van der Waals surface area contributed by atoms with Gasteiger partial charge in [0.05, 0.1) is 19.3 Å². The van der Waals surface area contributed by atoms with Crippen LogP contribution in [0.5, 0.6) is 0 Å². The van der Waals surface area contributed by atoms with Gasteiger partial charge in [0.15, 0.2) is 11.5 Å². The molecule has 126 valence electrons. The van der Waals surface area contributed by atoms with Gasteiger partial charge in [-0.25, -0.2) is 0 Å². The van der Waals surface area contributed by atoms with Gasteiger partial charge in [-0.2, -0.15) is 4.98 Å². The predicted molar refractivity (Wildman–Crippen MR) is 78.7 cm³/mol. The predicted octanol–water partition coefficient (Wildman–Crippen LogP) is -2.61. The molecule has 1 aliphatic heterocycles. The summed E-state index contributed by atoms with van der Waals surface area (Å²) in [4.78, 5) is 40.8. The van der Waals surface area contributed by atoms with Crippen LogP contribution < -0.4 is 21.5 Å². The van der Waals surface area contributed by atoms with Gasteiger partial charge in [0.1, 0.15) is 18.6 Å². The Morgan fingerprint density at radius 2 is 2.26 bits per heavy atom. The van der Waals surface area contributed by atoms with E-state index in [1.54, 1.807) is 0 Å². The minimum Gasteiger partial charge on any atom is -0.394 e. The van der Waals surface area contributed by atoms with E-state index in [-0.39, 0.29) is 37.0 Å². The fraction of sp³-hybridized carbons (Fsp3) is 0.500. The van der Waals surface area contributed by atoms with Crippen LogP contribution in [0, 0.1) is 0 Å². The first-order chi connectivity index (χ1) is 11.0. The number of aliphatic hydroxyl groups is 2. The van der Waals surface area contributed by atoms with E-state index in [1.165, 1.54) is 0 Å². The van der Waals surface area contributed by atoms with E-state index in [4.69, 9.17) is 15.6 Å². The summed E-state index contributed by atoms with van der Waals surface area (Å²) < 4.78 is 5.35. The topological polar surface area (TPSA) is 171 Å². The Morgan fingerprint density at radius 3 is 2.83 bits per heavy atom. The van der Waals surface area contributed by atoms with E-state index < -0.39 is 24.0 Å². The van der Waals surface area contributed by atoms with Gasteiger partial charge in [-0.3, -0.25) is 19.5 Å². The van der Waals surface area contributed by atoms with Gasteiger partial charge >= 0.3 is 0 Å². The van der Waals surface area contributed by atoms with Crippen molar-refractivity contribution in [3.05, 3.63) is 10.4 Å². The van der Waals surface area contributed by atoms with E-state index in [0.717, 1.165) is 4.90 Å². The van der Waals surface area contributed by atoms with Crippen LogP contribution in [0.3, 0.4) is 0 Å². The van der Waals surface area contributed by atoms with Crippen molar-refractivity contribution in [1.82, 2.24) is 9.97 Å². The summed E-state index contributed by atoms with van der Waals surface area (Å²) >= 11 is 0. The number of aromatic nitrogens is 2. The largest absolute Gasteiger partial charge is 0.394 e. The fourth-order valence-corrected chi connectivity index (χ4v) is 2.26. The zero-order valence-corrected chi connectivity index (χ0v) is 12.0. The number of anilines is 3. The molecule has 11 nitrogen and oxygen atoms in total. The maximum atomic E-state index is 12.0. The van der Waals surface area contributed by atoms with Crippen LogP contribution in [0.4, 0.5) is 17.5 Å². The summed E-state index contributed by atoms with van der Waals surface area (Å²) in [5.74, 6) is -0.272. The monoisotopic (exact) mass is 327 g/mol. The van der Waals surface area contributed by atoms with Crippen LogP contribution in [0.1, 0.15) is 6.42 Å². The number of amides is 1. The normalized spacial score (nSPS) is 23.5. The number of carbonyl (C=O) groups excluding carboxylic acids is 2. The molecule has 1 aliphatic rings. The molecule has 23 heavy (non-hydrogen) atoms. The molecule has 3 atom stereocenters. The van der Waals surface area contributed by atoms with Crippen LogP contribution in [0.25, 0.3) is 0 Å². The van der Waals surface area contributed by atoms with Gasteiger partial charge in [-0.15, -0.1) is 0 Å². The number of aliphatic hydroxyl groups excluding tert-OH is 2. The number of hydrogen-bond acceptors (Lipinski definition) is 9. The SMILES string of the molecule is Nc1nc(N[C@@H]2C[C@H](O)[C@@H](CO)O2)c(N(C=O)CC=O)c(=O)[nH]1. The number of H-pyrrole nitrogens is 1. The second-order valence-electron chi connectivity index (χ2n) is 4.87. The summed E-state index contributed by atoms with van der Waals surface area (Å²) in [6, 6.07) is 0. The van der Waals surface area contributed by atoms with Gasteiger partial charge < -0.3 is 30.8 Å². The third-order valence-corrected chi connectivity index (χ3v) is 3.30. The van der Waals surface area contributed by atoms with Crippen molar-refractivity contribution < 1.29 is 24.5 Å². The van der Waals surface area contributed by atoms with E-state index in [2.05, 4.69) is 15.3 Å². The molecule has 0 aromatic carbocycles. The smallest absolute Gasteiger partial charge is 0.278 e. The van der Waals surface area contributed by atoms with Gasteiger partial charge in [0.2, 0.25) is 12.4 Å². The van der Waals surface area contributed by atoms with Crippen LogP contribution in [0.15, 0.2) is 4.79 Å². The summed E-state index contributed by atoms with van der Waals surface area (Å²) in [6.07, 6.45) is -1.52. The van der Waals surface area contributed by atoms with Gasteiger partial charge in [0.25, 0.3) is 5.56 Å². The third kappa shape index (κ3) is 3.64. The molecule has 0 aliphatic carbocycles. The van der Waals surface area contributed by atoms with Gasteiger partial charge in [-0.1, -0.05) is 0 Å². The molecule has 1 aromatic heterocycles. The summed E-state index contributed by atoms with van der Waals surface area (Å²) in [5, 5.41) is 21.5. The first kappa shape index (κ1) is 16.9. The zero-order valence-electron chi connectivity index (χ0n) is 12.0. The number of hydrogen-bond donors (Lipinski definition) is 5. The molecule has 2 heterocycles. The molecule has 0 spiro atoms. The van der Waals surface area contributed by atoms with Crippen LogP contribution >= 0.6 is 0 Å². The zero-order chi connectivity index (χ0) is 17.0. The number of nitrogens with one attached hydrogen (secondary N) is 2. The lowest BCUT2D eigenvalue weighted by Gasteiger charge is -2.20. The van der Waals surface area contributed by atoms with E-state index in [0.29, 0.717) is 12.7 Å². The number of nitrogens with two attached hydrogens (primary N) is 1. The molecule has 1 aromatic rings. The maximum Gasteiger partial charge on any atom is 0.278 e. The minimum absolute atomic E-state index is 0.0732. The molecule has 11 heteroatoms. The highest BCUT2D eigenvalue weighted by atomic mass is 16.5. The second-order valence-corrected chi connectivity index (χ2v) is 4.87. The van der Waals surface area contributed by atoms with Gasteiger partial charge in [0, 0.05) is 6.42 Å². The highest BCUT2D eigenvalue weighted by Gasteiger charge is 2.34. The number of ether oxygens (including phenoxy) is 1. The number of nitrogen functional groups attached to an aromatic ring is 1. The van der Waals surface area contributed by atoms with Gasteiger partial charge in [-0.05, 0) is 0 Å². The van der Waals surface area contributed by atoms with E-state index >= 15 is 0 Å². The molecule has 0 radical (unpaired) electrons. The molecule has 1 saturated heterocycles. The maximum absolute atomic E-state index is 12.0. The first-order valence-electron chi connectivity index (χ1n) is 6.76. The molecule has 0 bridgehead atoms. The van der Waals surface area contributed by atoms with Crippen molar-refractivity contribution in [2.24, 2.45) is 0 Å². The van der Waals surface area contributed by atoms with E-state index in [9.17, 15) is 19.5 Å². The number of nitrogens with zero attached hydrogens (tertiary/aromatic N) is 2. The summed E-state index contributed by atoms with van der Waals surface area (Å²) in [5.41, 5.74) is 4.57. The average Bonchev–Trinajstić information content (AvgIpc) is 2.85. The van der Waals surface area contributed by atoms with Crippen molar-refractivity contribution in [2.45, 2.75) is 24.9 Å². The average molecular weight is 327 g/mol. The number of aromatic amines is 1. The Morgan fingerprint density at radius 1 is 1.52 bits per heavy atom. The quantitative estimate of drug-likeness (QED) is 0.337. The lowest BCUT2D eigenvalue weighted by Crippen LogP contribution is -2.33. The third-order valence-electron chi connectivity index (χ3n) is 3.30. The molecule has 6 N–H and O–H groups in total. The Labute approximate surface area is 130 Å². The Bertz CT molecular complexity index is 635. The van der Waals surface area contributed by atoms with Crippen LogP contribution in [0.2, 0.25) is 0 Å². The molecule has 0 unspecified atom stereocenters. The van der Waals surface area contributed by atoms with Crippen molar-refractivity contribution in [3.63, 3.8) is 0 Å². The van der Waals surface area contributed by atoms with Crippen molar-refractivity contribution in [1.29, 1.82) is 0 Å². The summed E-state index contributed by atoms with van der Waals surface area (Å²) in [7, 11) is 0. The lowest BCUT2D eigenvalue weighted by atomic mass is 10.2. The van der Waals surface area contributed by atoms with Crippen molar-refractivity contribution in [2.75, 3.05) is 29.1 Å². The molecule has 1 amide bonds. The number of carbonyl (C=O) groups is 2. The van der Waals surface area contributed by atoms with Crippen molar-refractivity contribution >= 4 is 30.1 Å². The molecule has 2 rings (SSSR count). The second kappa shape index (κ2) is 7.17. The highest BCUT2D eigenvalue weighted by Crippen LogP contribution is 2.25. The van der Waals surface area contributed by atoms with Crippen molar-refractivity contribution in [3.8, 4) is 0 Å². The number of aldehydes is 1. The molecular weight excluding hydrogens is 310 g/mol. The molecular formula is C12H17N5O6. The number of rotatable bonds is 7. The van der Waals surface area contributed by atoms with Crippen LogP contribution in [-0.2, 0) is 14.3 Å². The minimum atomic E-state index is -0.891. The fourth-order valence-electron chi connectivity index (χ4n) is 2.26. The van der Waals surface area contributed by atoms with Crippen LogP contribution in [-0.4, -0.2) is 64.5 Å². The first-order valence-corrected chi connectivity index (χ1v) is 6.76. The Kier molecular flexibility index (Phi) is 5.26. The Hall–Kier alpha value is -2.50. The summed E-state index contributed by atoms with van der Waals surface area (Å²) in [6.45, 7) is -0.719. The molecule has 0 saturated carbocycles. The Balaban J connectivity index is 2.32. The standard InChI is InChI=1S/C12H17N5O6/c13-12-15-10(14-8-3-6(21)7(4-19)23-8)9(11(22)16-12)17(5-20)1-2-18/h2,5-8,19,21H,1,3-4H2,(H4,13,14,15,16,22)/t6-,7+,8-/m0/s1.